The maximum absolute atomic E-state index is 10.5. The molecule has 2 N–H and O–H groups in total. The average molecular weight is 355 g/mol. The van der Waals surface area contributed by atoms with Gasteiger partial charge in [-0.2, -0.15) is 0 Å². The van der Waals surface area contributed by atoms with Crippen LogP contribution >= 0.6 is 0 Å². The second-order valence-electron chi connectivity index (χ2n) is 8.04. The number of anilines is 1. The van der Waals surface area contributed by atoms with Crippen LogP contribution in [-0.4, -0.2) is 10.7 Å². The molecule has 0 aromatic heterocycles. The third-order valence-electron chi connectivity index (χ3n) is 6.17. The highest BCUT2D eigenvalue weighted by Gasteiger charge is 2.59. The molecule has 0 bridgehead atoms. The first-order valence-corrected chi connectivity index (χ1v) is 9.92. The average Bonchev–Trinajstić information content (AvgIpc) is 3.64. The van der Waals surface area contributed by atoms with Gasteiger partial charge in [0.1, 0.15) is 0 Å². The summed E-state index contributed by atoms with van der Waals surface area (Å²) in [4.78, 5) is 0. The molecule has 0 aliphatic heterocycles. The number of para-hydroxylation sites is 1. The first-order chi connectivity index (χ1) is 13.2. The van der Waals surface area contributed by atoms with Gasteiger partial charge in [0.05, 0.1) is 11.6 Å². The van der Waals surface area contributed by atoms with Crippen molar-refractivity contribution in [2.24, 2.45) is 5.92 Å². The monoisotopic (exact) mass is 355 g/mol. The first kappa shape index (κ1) is 16.6. The van der Waals surface area contributed by atoms with E-state index in [-0.39, 0.29) is 11.6 Å². The second kappa shape index (κ2) is 6.54. The molecule has 2 aliphatic carbocycles. The van der Waals surface area contributed by atoms with Gasteiger partial charge in [0.25, 0.3) is 0 Å². The molecule has 5 rings (SSSR count). The number of rotatable bonds is 6. The van der Waals surface area contributed by atoms with Crippen molar-refractivity contribution < 1.29 is 5.11 Å². The van der Waals surface area contributed by atoms with Crippen molar-refractivity contribution in [3.8, 4) is 0 Å². The van der Waals surface area contributed by atoms with Crippen molar-refractivity contribution in [3.05, 3.63) is 102 Å². The Labute approximate surface area is 160 Å². The number of benzene rings is 3. The van der Waals surface area contributed by atoms with Crippen molar-refractivity contribution in [1.29, 1.82) is 0 Å². The van der Waals surface area contributed by atoms with E-state index < -0.39 is 0 Å². The van der Waals surface area contributed by atoms with Gasteiger partial charge in [-0.3, -0.25) is 0 Å². The van der Waals surface area contributed by atoms with Crippen molar-refractivity contribution in [2.75, 3.05) is 5.32 Å². The van der Waals surface area contributed by atoms with E-state index in [2.05, 4.69) is 90.2 Å². The fourth-order valence-electron chi connectivity index (χ4n) is 4.39. The Kier molecular flexibility index (Phi) is 4.02. The summed E-state index contributed by atoms with van der Waals surface area (Å²) < 4.78 is 0. The maximum atomic E-state index is 10.5. The Bertz CT molecular complexity index is 878. The predicted molar refractivity (Wildman–Crippen MR) is 110 cm³/mol. The molecule has 136 valence electrons. The molecule has 0 amide bonds. The molecule has 0 radical (unpaired) electrons. The SMILES string of the molecule is OC1([C@H]2C[C@@H]2c2ccccc2NC(c2ccccc2)c2ccccc2)CC1. The molecule has 2 atom stereocenters. The molecule has 0 heterocycles. The van der Waals surface area contributed by atoms with Gasteiger partial charge in [0, 0.05) is 5.69 Å². The molecule has 2 fully saturated rings. The number of nitrogens with one attached hydrogen (secondary N) is 1. The normalized spacial score (nSPS) is 22.4. The molecule has 2 saturated carbocycles. The molecule has 27 heavy (non-hydrogen) atoms. The highest BCUT2D eigenvalue weighted by molar-refractivity contribution is 5.58. The van der Waals surface area contributed by atoms with Gasteiger partial charge in [0.2, 0.25) is 0 Å². The van der Waals surface area contributed by atoms with Crippen LogP contribution in [0.2, 0.25) is 0 Å². The summed E-state index contributed by atoms with van der Waals surface area (Å²) in [6, 6.07) is 30.0. The predicted octanol–water partition coefficient (Wildman–Crippen LogP) is 5.52. The Balaban J connectivity index is 1.47. The van der Waals surface area contributed by atoms with Crippen LogP contribution in [-0.2, 0) is 0 Å². The Hall–Kier alpha value is -2.58. The lowest BCUT2D eigenvalue weighted by Crippen LogP contribution is -2.14. The summed E-state index contributed by atoms with van der Waals surface area (Å²) in [6.45, 7) is 0. The van der Waals surface area contributed by atoms with Gasteiger partial charge >= 0.3 is 0 Å². The van der Waals surface area contributed by atoms with Crippen LogP contribution in [0, 0.1) is 5.92 Å². The number of hydrogen-bond donors (Lipinski definition) is 2. The van der Waals surface area contributed by atoms with Gasteiger partial charge < -0.3 is 10.4 Å². The van der Waals surface area contributed by atoms with Crippen LogP contribution in [0.4, 0.5) is 5.69 Å². The van der Waals surface area contributed by atoms with E-state index in [4.69, 9.17) is 0 Å². The van der Waals surface area contributed by atoms with Crippen LogP contribution in [0.25, 0.3) is 0 Å². The zero-order valence-electron chi connectivity index (χ0n) is 15.4. The maximum Gasteiger partial charge on any atom is 0.0767 e. The molecule has 0 spiro atoms. The minimum Gasteiger partial charge on any atom is -0.390 e. The molecule has 2 aliphatic rings. The summed E-state index contributed by atoms with van der Waals surface area (Å²) in [5.41, 5.74) is 4.67. The van der Waals surface area contributed by atoms with Crippen LogP contribution in [0.1, 0.15) is 47.9 Å². The number of aliphatic hydroxyl groups is 1. The van der Waals surface area contributed by atoms with Gasteiger partial charge in [-0.05, 0) is 53.9 Å². The molecular weight excluding hydrogens is 330 g/mol. The molecule has 3 aromatic rings. The van der Waals surface area contributed by atoms with Crippen LogP contribution in [0.15, 0.2) is 84.9 Å². The molecule has 0 saturated heterocycles. The molecular formula is C25H25NO. The van der Waals surface area contributed by atoms with E-state index in [1.807, 2.05) is 0 Å². The lowest BCUT2D eigenvalue weighted by Gasteiger charge is -2.23. The largest absolute Gasteiger partial charge is 0.390 e. The lowest BCUT2D eigenvalue weighted by atomic mass is 9.97. The highest BCUT2D eigenvalue weighted by atomic mass is 16.3. The zero-order valence-corrected chi connectivity index (χ0v) is 15.4. The van der Waals surface area contributed by atoms with Crippen LogP contribution < -0.4 is 5.32 Å². The third-order valence-corrected chi connectivity index (χ3v) is 6.17. The van der Waals surface area contributed by atoms with E-state index in [0.717, 1.165) is 19.3 Å². The summed E-state index contributed by atoms with van der Waals surface area (Å²) >= 11 is 0. The smallest absolute Gasteiger partial charge is 0.0767 e. The molecule has 2 nitrogen and oxygen atoms in total. The van der Waals surface area contributed by atoms with E-state index in [0.29, 0.717) is 11.8 Å². The van der Waals surface area contributed by atoms with E-state index in [1.54, 1.807) is 0 Å². The first-order valence-electron chi connectivity index (χ1n) is 9.92. The Morgan fingerprint density at radius 3 is 1.93 bits per heavy atom. The van der Waals surface area contributed by atoms with Crippen molar-refractivity contribution in [3.63, 3.8) is 0 Å². The minimum absolute atomic E-state index is 0.106. The molecule has 2 heteroatoms. The highest BCUT2D eigenvalue weighted by Crippen LogP contribution is 2.62. The topological polar surface area (TPSA) is 32.3 Å². The fraction of sp³-hybridized carbons (Fsp3) is 0.280. The quantitative estimate of drug-likeness (QED) is 0.610. The zero-order chi connectivity index (χ0) is 18.3. The second-order valence-corrected chi connectivity index (χ2v) is 8.04. The molecule has 3 aromatic carbocycles. The summed E-state index contributed by atoms with van der Waals surface area (Å²) in [5, 5.41) is 14.3. The van der Waals surface area contributed by atoms with Crippen molar-refractivity contribution >= 4 is 5.69 Å². The van der Waals surface area contributed by atoms with Gasteiger partial charge in [-0.25, -0.2) is 0 Å². The van der Waals surface area contributed by atoms with E-state index in [9.17, 15) is 5.11 Å². The molecule has 0 unspecified atom stereocenters. The fourth-order valence-corrected chi connectivity index (χ4v) is 4.39. The standard InChI is InChI=1S/C25H25NO/c27-25(15-16-25)22-17-21(22)20-13-7-8-14-23(20)26-24(18-9-3-1-4-10-18)19-11-5-2-6-12-19/h1-14,21-22,24,26-27H,15-17H2/t21-,22+/m1/s1. The minimum atomic E-state index is -0.379. The third kappa shape index (κ3) is 3.26. The summed E-state index contributed by atoms with van der Waals surface area (Å²) in [7, 11) is 0. The summed E-state index contributed by atoms with van der Waals surface area (Å²) in [5.74, 6) is 0.917. The van der Waals surface area contributed by atoms with Crippen molar-refractivity contribution in [2.45, 2.75) is 36.8 Å². The van der Waals surface area contributed by atoms with Gasteiger partial charge in [0.15, 0.2) is 0 Å². The van der Waals surface area contributed by atoms with E-state index in [1.165, 1.54) is 22.4 Å². The Morgan fingerprint density at radius 1 is 0.778 bits per heavy atom. The summed E-state index contributed by atoms with van der Waals surface area (Å²) in [6.07, 6.45) is 3.05. The van der Waals surface area contributed by atoms with E-state index >= 15 is 0 Å². The number of hydrogen-bond acceptors (Lipinski definition) is 2. The van der Waals surface area contributed by atoms with Gasteiger partial charge in [-0.15, -0.1) is 0 Å². The lowest BCUT2D eigenvalue weighted by molar-refractivity contribution is 0.124. The van der Waals surface area contributed by atoms with Crippen molar-refractivity contribution in [1.82, 2.24) is 0 Å². The Morgan fingerprint density at radius 2 is 1.33 bits per heavy atom. The van der Waals surface area contributed by atoms with Crippen LogP contribution in [0.5, 0.6) is 0 Å². The van der Waals surface area contributed by atoms with Gasteiger partial charge in [-0.1, -0.05) is 78.9 Å². The van der Waals surface area contributed by atoms with Crippen LogP contribution in [0.3, 0.4) is 0 Å².